The summed E-state index contributed by atoms with van der Waals surface area (Å²) in [5, 5.41) is 11.6. The van der Waals surface area contributed by atoms with Crippen molar-refractivity contribution in [2.24, 2.45) is 0 Å². The van der Waals surface area contributed by atoms with Crippen LogP contribution in [-0.2, 0) is 30.7 Å². The number of ether oxygens (including phenoxy) is 1. The van der Waals surface area contributed by atoms with Crippen LogP contribution in [0.1, 0.15) is 36.1 Å². The van der Waals surface area contributed by atoms with E-state index in [1.807, 2.05) is 30.3 Å². The molecule has 2 aromatic rings. The van der Waals surface area contributed by atoms with Crippen LogP contribution in [0.3, 0.4) is 0 Å². The van der Waals surface area contributed by atoms with Crippen LogP contribution in [-0.4, -0.2) is 38.5 Å². The Hall–Kier alpha value is -2.43. The first-order valence-corrected chi connectivity index (χ1v) is 11.9. The number of hydrogen-bond donors (Lipinski definition) is 3. The molecular formula is C20H24N2O6S2. The Morgan fingerprint density at radius 3 is 2.53 bits per heavy atom. The second kappa shape index (κ2) is 9.15. The number of sulfone groups is 1. The average Bonchev–Trinajstić information content (AvgIpc) is 3.24. The second-order valence-electron chi connectivity index (χ2n) is 7.19. The third kappa shape index (κ3) is 4.50. The van der Waals surface area contributed by atoms with Gasteiger partial charge >= 0.3 is 6.09 Å². The fourth-order valence-corrected chi connectivity index (χ4v) is 7.47. The van der Waals surface area contributed by atoms with Crippen LogP contribution in [0.15, 0.2) is 36.4 Å². The Morgan fingerprint density at radius 1 is 1.17 bits per heavy atom. The molecule has 10 heteroatoms. The van der Waals surface area contributed by atoms with E-state index in [1.54, 1.807) is 11.5 Å². The first kappa shape index (κ1) is 22.3. The number of rotatable bonds is 6. The van der Waals surface area contributed by atoms with Gasteiger partial charge in [-0.05, 0) is 36.1 Å². The molecule has 1 aromatic heterocycles. The average molecular weight is 453 g/mol. The summed E-state index contributed by atoms with van der Waals surface area (Å²) in [4.78, 5) is 24.6. The molecule has 8 nitrogen and oxygen atoms in total. The molecule has 0 radical (unpaired) electrons. The van der Waals surface area contributed by atoms with Crippen LogP contribution < -0.4 is 10.8 Å². The van der Waals surface area contributed by atoms with Crippen LogP contribution in [0.4, 0.5) is 4.79 Å². The lowest BCUT2D eigenvalue weighted by atomic mass is 9.94. The summed E-state index contributed by atoms with van der Waals surface area (Å²) in [5.41, 5.74) is 3.38. The molecule has 30 heavy (non-hydrogen) atoms. The van der Waals surface area contributed by atoms with E-state index in [-0.39, 0.29) is 12.2 Å². The Balaban J connectivity index is 1.87. The van der Waals surface area contributed by atoms with Gasteiger partial charge in [0.25, 0.3) is 0 Å². The van der Waals surface area contributed by atoms with Gasteiger partial charge in [0.1, 0.15) is 4.75 Å². The van der Waals surface area contributed by atoms with Crippen LogP contribution in [0, 0.1) is 0 Å². The Morgan fingerprint density at radius 2 is 1.90 bits per heavy atom. The van der Waals surface area contributed by atoms with Gasteiger partial charge in [-0.25, -0.2) is 18.7 Å². The summed E-state index contributed by atoms with van der Waals surface area (Å²) in [6.45, 7) is 0.334. The Labute approximate surface area is 179 Å². The first-order chi connectivity index (χ1) is 14.3. The Kier molecular flexibility index (Phi) is 6.79. The van der Waals surface area contributed by atoms with Crippen LogP contribution in [0.25, 0.3) is 10.4 Å². The predicted molar refractivity (Wildman–Crippen MR) is 113 cm³/mol. The number of amides is 2. The predicted octanol–water partition coefficient (Wildman–Crippen LogP) is 2.96. The molecule has 2 amide bonds. The molecule has 1 fully saturated rings. The monoisotopic (exact) mass is 452 g/mol. The number of thiophene rings is 1. The van der Waals surface area contributed by atoms with E-state index < -0.39 is 26.6 Å². The summed E-state index contributed by atoms with van der Waals surface area (Å²) in [6.07, 6.45) is 0.815. The minimum absolute atomic E-state index is 0.0286. The molecule has 162 valence electrons. The maximum absolute atomic E-state index is 13.0. The molecule has 0 unspecified atom stereocenters. The van der Waals surface area contributed by atoms with E-state index in [1.165, 1.54) is 18.4 Å². The van der Waals surface area contributed by atoms with Crippen molar-refractivity contribution in [2.75, 3.05) is 12.9 Å². The highest BCUT2D eigenvalue weighted by molar-refractivity contribution is 7.92. The van der Waals surface area contributed by atoms with E-state index >= 15 is 0 Å². The highest BCUT2D eigenvalue weighted by atomic mass is 32.2. The van der Waals surface area contributed by atoms with Gasteiger partial charge in [-0.15, -0.1) is 11.3 Å². The zero-order valence-corrected chi connectivity index (χ0v) is 18.1. The molecule has 3 rings (SSSR count). The van der Waals surface area contributed by atoms with Crippen LogP contribution in [0.5, 0.6) is 0 Å². The lowest BCUT2D eigenvalue weighted by Gasteiger charge is -2.35. The molecular weight excluding hydrogens is 428 g/mol. The van der Waals surface area contributed by atoms with Crippen molar-refractivity contribution in [3.05, 3.63) is 46.8 Å². The fourth-order valence-electron chi connectivity index (χ4n) is 3.69. The summed E-state index contributed by atoms with van der Waals surface area (Å²) in [6, 6.07) is 11.2. The summed E-state index contributed by atoms with van der Waals surface area (Å²) >= 11 is 1.34. The number of hydroxylamine groups is 1. The van der Waals surface area contributed by atoms with E-state index in [2.05, 4.69) is 10.1 Å². The SMILES string of the molecule is COC(=O)NCc1ccc(-c2ccc([C@@]3(CC(=O)NO)CCCCS3(=O)=O)s2)cc1. The number of carbonyl (C=O) groups is 2. The van der Waals surface area contributed by atoms with Crippen molar-refractivity contribution in [2.45, 2.75) is 37.0 Å². The van der Waals surface area contributed by atoms with Crippen LogP contribution in [0.2, 0.25) is 0 Å². The number of nitrogens with one attached hydrogen (secondary N) is 2. The maximum atomic E-state index is 13.0. The smallest absolute Gasteiger partial charge is 0.407 e. The van der Waals surface area contributed by atoms with Crippen molar-refractivity contribution in [3.8, 4) is 10.4 Å². The molecule has 1 atom stereocenters. The van der Waals surface area contributed by atoms with E-state index in [0.29, 0.717) is 30.7 Å². The van der Waals surface area contributed by atoms with Crippen molar-refractivity contribution in [1.82, 2.24) is 10.8 Å². The number of alkyl carbamates (subject to hydrolysis) is 1. The zero-order valence-electron chi connectivity index (χ0n) is 16.5. The number of carbonyl (C=O) groups excluding carboxylic acids is 2. The van der Waals surface area contributed by atoms with E-state index in [9.17, 15) is 18.0 Å². The van der Waals surface area contributed by atoms with Gasteiger partial charge in [-0.2, -0.15) is 0 Å². The van der Waals surface area contributed by atoms with Gasteiger partial charge in [0.15, 0.2) is 9.84 Å². The third-order valence-corrected chi connectivity index (χ3v) is 9.38. The lowest BCUT2D eigenvalue weighted by molar-refractivity contribution is -0.130. The van der Waals surface area contributed by atoms with Gasteiger partial charge in [-0.3, -0.25) is 10.0 Å². The van der Waals surface area contributed by atoms with Crippen molar-refractivity contribution < 1.29 is 28.0 Å². The van der Waals surface area contributed by atoms with Crippen LogP contribution >= 0.6 is 11.3 Å². The topological polar surface area (TPSA) is 122 Å². The lowest BCUT2D eigenvalue weighted by Crippen LogP contribution is -2.43. The summed E-state index contributed by atoms with van der Waals surface area (Å²) in [7, 11) is -2.25. The summed E-state index contributed by atoms with van der Waals surface area (Å²) < 4.78 is 29.2. The normalized spacial score (nSPS) is 20.3. The third-order valence-electron chi connectivity index (χ3n) is 5.33. The van der Waals surface area contributed by atoms with Gasteiger partial charge in [0.05, 0.1) is 19.3 Å². The van der Waals surface area contributed by atoms with Gasteiger partial charge in [0.2, 0.25) is 5.91 Å². The molecule has 2 heterocycles. The molecule has 0 bridgehead atoms. The molecule has 0 aliphatic carbocycles. The fraction of sp³-hybridized carbons (Fsp3) is 0.400. The van der Waals surface area contributed by atoms with Gasteiger partial charge in [0, 0.05) is 16.3 Å². The highest BCUT2D eigenvalue weighted by Gasteiger charge is 2.49. The Bertz CT molecular complexity index is 1020. The molecule has 1 aliphatic heterocycles. The molecule has 1 saturated heterocycles. The first-order valence-electron chi connectivity index (χ1n) is 9.48. The molecule has 0 spiro atoms. The number of hydrogen-bond acceptors (Lipinski definition) is 7. The molecule has 3 N–H and O–H groups in total. The second-order valence-corrected chi connectivity index (χ2v) is 10.7. The minimum Gasteiger partial charge on any atom is -0.453 e. The number of methoxy groups -OCH3 is 1. The number of benzene rings is 1. The molecule has 1 aromatic carbocycles. The molecule has 1 aliphatic rings. The zero-order chi connectivity index (χ0) is 21.8. The van der Waals surface area contributed by atoms with Gasteiger partial charge < -0.3 is 10.1 Å². The van der Waals surface area contributed by atoms with E-state index in [4.69, 9.17) is 5.21 Å². The summed E-state index contributed by atoms with van der Waals surface area (Å²) in [5.74, 6) is -0.682. The van der Waals surface area contributed by atoms with Crippen molar-refractivity contribution in [1.29, 1.82) is 0 Å². The standard InChI is InChI=1S/C20H24N2O6S2/c1-28-19(24)21-13-14-4-6-15(7-5-14)16-8-9-17(29-16)20(12-18(23)22-25)10-2-3-11-30(20,26)27/h4-9,25H,2-3,10-13H2,1H3,(H,21,24)(H,22,23)/t20-/m0/s1. The highest BCUT2D eigenvalue weighted by Crippen LogP contribution is 2.47. The van der Waals surface area contributed by atoms with Gasteiger partial charge in [-0.1, -0.05) is 30.7 Å². The van der Waals surface area contributed by atoms with E-state index in [0.717, 1.165) is 16.0 Å². The van der Waals surface area contributed by atoms with Crippen molar-refractivity contribution in [3.63, 3.8) is 0 Å². The largest absolute Gasteiger partial charge is 0.453 e. The molecule has 0 saturated carbocycles. The van der Waals surface area contributed by atoms with Crippen molar-refractivity contribution >= 4 is 33.2 Å². The quantitative estimate of drug-likeness (QED) is 0.458. The minimum atomic E-state index is -3.55. The maximum Gasteiger partial charge on any atom is 0.407 e.